The summed E-state index contributed by atoms with van der Waals surface area (Å²) in [5.41, 5.74) is 6.49. The number of rotatable bonds is 3. The number of benzene rings is 1. The molecule has 1 unspecified atom stereocenters. The SMILES string of the molecule is [CH2]CC(N)S(=O)(=O)c1ccc(C)cc1. The Morgan fingerprint density at radius 3 is 2.29 bits per heavy atom. The van der Waals surface area contributed by atoms with Crippen molar-refractivity contribution in [3.63, 3.8) is 0 Å². The van der Waals surface area contributed by atoms with E-state index in [-0.39, 0.29) is 11.3 Å². The van der Waals surface area contributed by atoms with Gasteiger partial charge in [0.25, 0.3) is 0 Å². The fourth-order valence-electron chi connectivity index (χ4n) is 1.06. The third kappa shape index (κ3) is 2.13. The molecule has 0 bridgehead atoms. The lowest BCUT2D eigenvalue weighted by Crippen LogP contribution is -2.29. The first-order chi connectivity index (χ1) is 6.48. The van der Waals surface area contributed by atoms with Gasteiger partial charge in [-0.25, -0.2) is 8.42 Å². The number of aryl methyl sites for hydroxylation is 1. The molecule has 14 heavy (non-hydrogen) atoms. The van der Waals surface area contributed by atoms with Crippen molar-refractivity contribution < 1.29 is 8.42 Å². The van der Waals surface area contributed by atoms with E-state index in [1.165, 1.54) is 0 Å². The molecular formula is C10H14NO2S. The van der Waals surface area contributed by atoms with Gasteiger partial charge in [0, 0.05) is 0 Å². The van der Waals surface area contributed by atoms with Crippen molar-refractivity contribution in [1.29, 1.82) is 0 Å². The van der Waals surface area contributed by atoms with Gasteiger partial charge in [0.1, 0.15) is 5.37 Å². The summed E-state index contributed by atoms with van der Waals surface area (Å²) in [6.07, 6.45) is 0.177. The molecule has 0 fully saturated rings. The van der Waals surface area contributed by atoms with Crippen LogP contribution in [0, 0.1) is 13.8 Å². The molecule has 1 radical (unpaired) electrons. The summed E-state index contributed by atoms with van der Waals surface area (Å²) in [7, 11) is -3.39. The summed E-state index contributed by atoms with van der Waals surface area (Å²) < 4.78 is 23.4. The molecule has 0 aliphatic carbocycles. The Hall–Kier alpha value is -0.870. The second-order valence-electron chi connectivity index (χ2n) is 3.19. The van der Waals surface area contributed by atoms with Crippen molar-refractivity contribution >= 4 is 9.84 Å². The molecule has 77 valence electrons. The molecule has 3 nitrogen and oxygen atoms in total. The zero-order chi connectivity index (χ0) is 10.8. The van der Waals surface area contributed by atoms with E-state index in [2.05, 4.69) is 6.92 Å². The second-order valence-corrected chi connectivity index (χ2v) is 5.35. The number of hydrogen-bond donors (Lipinski definition) is 1. The first kappa shape index (κ1) is 11.2. The first-order valence-electron chi connectivity index (χ1n) is 4.34. The Labute approximate surface area is 84.9 Å². The van der Waals surface area contributed by atoms with E-state index in [0.29, 0.717) is 0 Å². The quantitative estimate of drug-likeness (QED) is 0.821. The number of hydrogen-bond acceptors (Lipinski definition) is 3. The highest BCUT2D eigenvalue weighted by Crippen LogP contribution is 2.15. The molecule has 0 aromatic heterocycles. The summed E-state index contributed by atoms with van der Waals surface area (Å²) in [4.78, 5) is 0.263. The van der Waals surface area contributed by atoms with Crippen LogP contribution in [0.2, 0.25) is 0 Å². The van der Waals surface area contributed by atoms with E-state index < -0.39 is 15.2 Å². The molecule has 0 saturated heterocycles. The van der Waals surface area contributed by atoms with Gasteiger partial charge in [-0.15, -0.1) is 0 Å². The van der Waals surface area contributed by atoms with E-state index in [9.17, 15) is 8.42 Å². The Balaban J connectivity index is 3.11. The van der Waals surface area contributed by atoms with Gasteiger partial charge >= 0.3 is 0 Å². The summed E-state index contributed by atoms with van der Waals surface area (Å²) >= 11 is 0. The van der Waals surface area contributed by atoms with E-state index >= 15 is 0 Å². The summed E-state index contributed by atoms with van der Waals surface area (Å²) in [6, 6.07) is 6.64. The van der Waals surface area contributed by atoms with Gasteiger partial charge in [0.05, 0.1) is 4.90 Å². The molecule has 1 atom stereocenters. The average molecular weight is 212 g/mol. The second kappa shape index (κ2) is 4.11. The highest BCUT2D eigenvalue weighted by molar-refractivity contribution is 7.92. The van der Waals surface area contributed by atoms with Crippen LogP contribution >= 0.6 is 0 Å². The van der Waals surface area contributed by atoms with Crippen molar-refractivity contribution in [2.75, 3.05) is 0 Å². The largest absolute Gasteiger partial charge is 0.315 e. The smallest absolute Gasteiger partial charge is 0.193 e. The number of sulfone groups is 1. The Morgan fingerprint density at radius 1 is 1.36 bits per heavy atom. The van der Waals surface area contributed by atoms with Crippen LogP contribution in [0.5, 0.6) is 0 Å². The lowest BCUT2D eigenvalue weighted by Gasteiger charge is -2.10. The lowest BCUT2D eigenvalue weighted by atomic mass is 10.2. The van der Waals surface area contributed by atoms with Crippen LogP contribution in [0.1, 0.15) is 12.0 Å². The van der Waals surface area contributed by atoms with Gasteiger partial charge in [-0.05, 0) is 25.5 Å². The first-order valence-corrected chi connectivity index (χ1v) is 5.88. The standard InChI is InChI=1S/C10H14NO2S/c1-3-10(11)14(12,13)9-6-4-8(2)5-7-9/h4-7,10H,1,3,11H2,2H3. The molecule has 2 N–H and O–H groups in total. The topological polar surface area (TPSA) is 60.2 Å². The van der Waals surface area contributed by atoms with Gasteiger partial charge in [0.2, 0.25) is 0 Å². The summed E-state index contributed by atoms with van der Waals surface area (Å²) in [5.74, 6) is 0. The molecule has 1 aromatic rings. The van der Waals surface area contributed by atoms with Crippen molar-refractivity contribution in [3.05, 3.63) is 36.8 Å². The zero-order valence-electron chi connectivity index (χ0n) is 8.10. The molecule has 1 rings (SSSR count). The zero-order valence-corrected chi connectivity index (χ0v) is 8.92. The predicted molar refractivity (Wildman–Crippen MR) is 56.3 cm³/mol. The maximum absolute atomic E-state index is 11.7. The lowest BCUT2D eigenvalue weighted by molar-refractivity contribution is 0.580. The van der Waals surface area contributed by atoms with Crippen LogP contribution in [0.15, 0.2) is 29.2 Å². The minimum absolute atomic E-state index is 0.177. The monoisotopic (exact) mass is 212 g/mol. The Bertz CT molecular complexity index is 395. The number of nitrogens with two attached hydrogens (primary N) is 1. The van der Waals surface area contributed by atoms with Gasteiger partial charge in [-0.3, -0.25) is 0 Å². The van der Waals surface area contributed by atoms with Gasteiger partial charge in [-0.2, -0.15) is 0 Å². The maximum atomic E-state index is 11.7. The normalized spacial score (nSPS) is 13.9. The molecule has 0 spiro atoms. The van der Waals surface area contributed by atoms with Crippen LogP contribution < -0.4 is 5.73 Å². The minimum Gasteiger partial charge on any atom is -0.315 e. The summed E-state index contributed by atoms with van der Waals surface area (Å²) in [6.45, 7) is 5.39. The van der Waals surface area contributed by atoms with Gasteiger partial charge in [0.15, 0.2) is 9.84 Å². The van der Waals surface area contributed by atoms with Crippen molar-refractivity contribution in [3.8, 4) is 0 Å². The predicted octanol–water partition coefficient (Wildman–Crippen LogP) is 1.28. The van der Waals surface area contributed by atoms with Gasteiger partial charge in [-0.1, -0.05) is 24.6 Å². The van der Waals surface area contributed by atoms with E-state index in [4.69, 9.17) is 5.73 Å². The summed E-state index contributed by atoms with van der Waals surface area (Å²) in [5, 5.41) is -0.912. The molecule has 0 saturated carbocycles. The molecule has 4 heteroatoms. The van der Waals surface area contributed by atoms with Gasteiger partial charge < -0.3 is 5.73 Å². The molecule has 0 amide bonds. The van der Waals surface area contributed by atoms with Crippen molar-refractivity contribution in [2.24, 2.45) is 5.73 Å². The van der Waals surface area contributed by atoms with Crippen molar-refractivity contribution in [1.82, 2.24) is 0 Å². The average Bonchev–Trinajstić information content (AvgIpc) is 2.17. The highest BCUT2D eigenvalue weighted by atomic mass is 32.2. The highest BCUT2D eigenvalue weighted by Gasteiger charge is 2.21. The van der Waals surface area contributed by atoms with Crippen molar-refractivity contribution in [2.45, 2.75) is 23.6 Å². The Kier molecular flexibility index (Phi) is 3.29. The van der Waals surface area contributed by atoms with Crippen LogP contribution in [0.4, 0.5) is 0 Å². The van der Waals surface area contributed by atoms with E-state index in [1.807, 2.05) is 6.92 Å². The van der Waals surface area contributed by atoms with Crippen LogP contribution in [0.3, 0.4) is 0 Å². The van der Waals surface area contributed by atoms with E-state index in [0.717, 1.165) is 5.56 Å². The molecule has 1 aromatic carbocycles. The minimum atomic E-state index is -3.39. The fraction of sp³-hybridized carbons (Fsp3) is 0.300. The van der Waals surface area contributed by atoms with Crippen LogP contribution in [-0.2, 0) is 9.84 Å². The maximum Gasteiger partial charge on any atom is 0.193 e. The molecule has 0 heterocycles. The Morgan fingerprint density at radius 2 is 1.86 bits per heavy atom. The third-order valence-electron chi connectivity index (χ3n) is 2.03. The molecule has 0 aliphatic heterocycles. The van der Waals surface area contributed by atoms with Crippen LogP contribution in [0.25, 0.3) is 0 Å². The molecule has 0 aliphatic rings. The third-order valence-corrected chi connectivity index (χ3v) is 3.99. The van der Waals surface area contributed by atoms with E-state index in [1.54, 1.807) is 24.3 Å². The molecular weight excluding hydrogens is 198 g/mol. The fourth-order valence-corrected chi connectivity index (χ4v) is 2.23. The van der Waals surface area contributed by atoms with Crippen LogP contribution in [-0.4, -0.2) is 13.8 Å².